The van der Waals surface area contributed by atoms with Crippen LogP contribution in [-0.4, -0.2) is 44.8 Å². The van der Waals surface area contributed by atoms with Crippen molar-refractivity contribution in [1.29, 1.82) is 0 Å². The van der Waals surface area contributed by atoms with E-state index in [0.29, 0.717) is 16.2 Å². The van der Waals surface area contributed by atoms with Gasteiger partial charge in [-0.05, 0) is 0 Å². The molecule has 2 N–H and O–H groups in total. The Morgan fingerprint density at radius 1 is 1.50 bits per heavy atom. The fraction of sp³-hybridized carbons (Fsp3) is 0. The van der Waals surface area contributed by atoms with Crippen molar-refractivity contribution in [3.05, 3.63) is 0 Å². The summed E-state index contributed by atoms with van der Waals surface area (Å²) in [5.41, 5.74) is 0. The Kier molecular flexibility index (Phi) is 167. The molecule has 0 aromatic heterocycles. The van der Waals surface area contributed by atoms with E-state index in [1.54, 1.807) is 0 Å². The van der Waals surface area contributed by atoms with E-state index in [-0.39, 0.29) is 31.4 Å². The van der Waals surface area contributed by atoms with E-state index in [9.17, 15) is 0 Å². The van der Waals surface area contributed by atoms with Crippen molar-refractivity contribution >= 4 is 39.3 Å². The average molecular weight is 88.3 g/mol. The van der Waals surface area contributed by atoms with E-state index >= 15 is 0 Å². The molecule has 0 aliphatic heterocycles. The third-order valence-electron chi connectivity index (χ3n) is 0. The first kappa shape index (κ1) is 19.7. The molecule has 0 unspecified atom stereocenters. The van der Waals surface area contributed by atoms with Crippen LogP contribution in [0.3, 0.4) is 0 Å². The molecule has 0 aromatic rings. The molecule has 0 amide bonds. The van der Waals surface area contributed by atoms with Crippen molar-refractivity contribution in [2.75, 3.05) is 0 Å². The summed E-state index contributed by atoms with van der Waals surface area (Å²) in [6, 6.07) is 0. The molecule has 0 aliphatic carbocycles. The third-order valence-corrected chi connectivity index (χ3v) is 0. The van der Waals surface area contributed by atoms with Gasteiger partial charge in [0.1, 0.15) is 0 Å². The van der Waals surface area contributed by atoms with Crippen LogP contribution in [0.15, 0.2) is 0 Å². The van der Waals surface area contributed by atoms with Gasteiger partial charge in [-0.3, -0.25) is 0 Å². The predicted molar refractivity (Wildman–Crippen MR) is 19.4 cm³/mol. The number of hydrogen-bond acceptors (Lipinski definition) is 1. The van der Waals surface area contributed by atoms with E-state index in [1.807, 2.05) is 0 Å². The second kappa shape index (κ2) is 33.9. The predicted octanol–water partition coefficient (Wildman–Crippen LogP) is -1.75. The SMILES string of the molecule is O.[H-].[H-].[Mg+2].[O]=[AlH]. The van der Waals surface area contributed by atoms with Crippen molar-refractivity contribution in [1.82, 2.24) is 0 Å². The van der Waals surface area contributed by atoms with Crippen LogP contribution in [0.25, 0.3) is 0 Å². The van der Waals surface area contributed by atoms with Gasteiger partial charge in [-0.15, -0.1) is 0 Å². The summed E-state index contributed by atoms with van der Waals surface area (Å²) < 4.78 is 8.28. The molecule has 0 saturated heterocycles. The van der Waals surface area contributed by atoms with Crippen LogP contribution in [0, 0.1) is 0 Å². The first-order valence-corrected chi connectivity index (χ1v) is 0.866. The fourth-order valence-electron chi connectivity index (χ4n) is 0. The fourth-order valence-corrected chi connectivity index (χ4v) is 0. The molecular weight excluding hydrogens is 83.3 g/mol. The van der Waals surface area contributed by atoms with Gasteiger partial charge in [0.2, 0.25) is 0 Å². The minimum atomic E-state index is 0. The number of rotatable bonds is 0. The van der Waals surface area contributed by atoms with Gasteiger partial charge in [-0.1, -0.05) is 0 Å². The number of hydrogen-bond donors (Lipinski definition) is 0. The molecule has 0 bridgehead atoms. The molecule has 0 atom stereocenters. The normalized spacial score (nSPS) is 0.750. The second-order valence-corrected chi connectivity index (χ2v) is 0. The van der Waals surface area contributed by atoms with Crippen LogP contribution < -0.4 is 0 Å². The molecule has 0 rings (SSSR count). The van der Waals surface area contributed by atoms with Gasteiger partial charge in [0.15, 0.2) is 0 Å². The van der Waals surface area contributed by atoms with Crippen LogP contribution in [0.1, 0.15) is 2.85 Å². The van der Waals surface area contributed by atoms with Crippen LogP contribution in [0.5, 0.6) is 0 Å². The van der Waals surface area contributed by atoms with Gasteiger partial charge in [-0.2, -0.15) is 0 Å². The summed E-state index contributed by atoms with van der Waals surface area (Å²) in [5, 5.41) is 0. The van der Waals surface area contributed by atoms with Gasteiger partial charge in [-0.25, -0.2) is 0 Å². The van der Waals surface area contributed by atoms with Gasteiger partial charge in [0, 0.05) is 0 Å². The Morgan fingerprint density at radius 2 is 1.50 bits per heavy atom. The Balaban J connectivity index is -0.000000000833. The zero-order valence-corrected chi connectivity index (χ0v) is 5.15. The minimum absolute atomic E-state index is 0. The standard InChI is InChI=1S/Al.Mg.H2O.O.3H/h;;1H2;;;;/q;+2;;;;2*-1. The van der Waals surface area contributed by atoms with Crippen LogP contribution in [0.2, 0.25) is 0 Å². The molecule has 4 heteroatoms. The summed E-state index contributed by atoms with van der Waals surface area (Å²) in [7, 11) is 0. The van der Waals surface area contributed by atoms with E-state index in [0.717, 1.165) is 0 Å². The quantitative estimate of drug-likeness (QED) is 0.324. The zero-order chi connectivity index (χ0) is 2.00. The van der Waals surface area contributed by atoms with E-state index < -0.39 is 0 Å². The van der Waals surface area contributed by atoms with Crippen LogP contribution in [0.4, 0.5) is 0 Å². The summed E-state index contributed by atoms with van der Waals surface area (Å²) in [4.78, 5) is 0. The maximum atomic E-state index is 8.28. The maximum absolute atomic E-state index is 8.28. The Bertz CT molecular complexity index is 11.5. The third kappa shape index (κ3) is 11.6. The Labute approximate surface area is 51.6 Å². The van der Waals surface area contributed by atoms with Gasteiger partial charge in [0.05, 0.1) is 0 Å². The van der Waals surface area contributed by atoms with Crippen molar-refractivity contribution in [3.63, 3.8) is 0 Å². The summed E-state index contributed by atoms with van der Waals surface area (Å²) in [5.74, 6) is 0. The molecule has 0 aromatic carbocycles. The van der Waals surface area contributed by atoms with E-state index in [2.05, 4.69) is 0 Å². The molecule has 0 radical (unpaired) electrons. The van der Waals surface area contributed by atoms with Gasteiger partial charge in [0.25, 0.3) is 0 Å². The van der Waals surface area contributed by atoms with E-state index in [1.165, 1.54) is 0 Å². The molecular formula is H5AlMgO2. The van der Waals surface area contributed by atoms with E-state index in [4.69, 9.17) is 3.80 Å². The second-order valence-electron chi connectivity index (χ2n) is 0. The molecule has 0 fully saturated rings. The zero-order valence-electron chi connectivity index (χ0n) is 4.32. The molecule has 0 saturated carbocycles. The average Bonchev–Trinajstić information content (AvgIpc) is 1.00. The summed E-state index contributed by atoms with van der Waals surface area (Å²) in [6.07, 6.45) is 0. The Morgan fingerprint density at radius 3 is 1.50 bits per heavy atom. The monoisotopic (exact) mass is 88.0 g/mol. The molecule has 2 nitrogen and oxygen atoms in total. The van der Waals surface area contributed by atoms with Crippen molar-refractivity contribution in [2.45, 2.75) is 0 Å². The van der Waals surface area contributed by atoms with Gasteiger partial charge >= 0.3 is 43.1 Å². The topological polar surface area (TPSA) is 48.6 Å². The first-order valence-electron chi connectivity index (χ1n) is 0.289. The van der Waals surface area contributed by atoms with Crippen molar-refractivity contribution in [2.24, 2.45) is 0 Å². The van der Waals surface area contributed by atoms with Crippen LogP contribution >= 0.6 is 0 Å². The van der Waals surface area contributed by atoms with Crippen molar-refractivity contribution in [3.8, 4) is 0 Å². The molecule has 0 heterocycles. The molecule has 22 valence electrons. The molecule has 0 aliphatic rings. The Hall–Kier alpha value is 1.06. The van der Waals surface area contributed by atoms with Crippen molar-refractivity contribution < 1.29 is 12.1 Å². The molecule has 4 heavy (non-hydrogen) atoms. The summed E-state index contributed by atoms with van der Waals surface area (Å²) >= 11 is 0.611. The molecule has 0 spiro atoms. The summed E-state index contributed by atoms with van der Waals surface area (Å²) in [6.45, 7) is 0. The van der Waals surface area contributed by atoms with Gasteiger partial charge < -0.3 is 8.33 Å². The van der Waals surface area contributed by atoms with Crippen LogP contribution in [-0.2, 0) is 3.80 Å². The first-order chi connectivity index (χ1) is 1.00.